The van der Waals surface area contributed by atoms with Crippen LogP contribution in [0.25, 0.3) is 0 Å². The van der Waals surface area contributed by atoms with E-state index in [1.807, 2.05) is 0 Å². The molecule has 1 aromatic heterocycles. The molecule has 0 aliphatic carbocycles. The lowest BCUT2D eigenvalue weighted by Gasteiger charge is -2.20. The molecule has 0 bridgehead atoms. The highest BCUT2D eigenvalue weighted by atomic mass is 16.7. The van der Waals surface area contributed by atoms with Crippen LogP contribution in [-0.2, 0) is 14.3 Å². The van der Waals surface area contributed by atoms with Gasteiger partial charge in [0, 0.05) is 13.0 Å². The van der Waals surface area contributed by atoms with Gasteiger partial charge in [0.1, 0.15) is 11.4 Å². The number of aromatic nitrogens is 1. The van der Waals surface area contributed by atoms with Gasteiger partial charge in [0.25, 0.3) is 0 Å². The molecule has 6 heteroatoms. The Morgan fingerprint density at radius 2 is 1.85 bits per heavy atom. The number of carbonyl (C=O) groups is 2. The molecule has 0 spiro atoms. The van der Waals surface area contributed by atoms with Crippen LogP contribution in [0, 0.1) is 12.3 Å². The van der Waals surface area contributed by atoms with Gasteiger partial charge in [-0.05, 0) is 27.7 Å². The molecule has 1 heterocycles. The molecule has 1 rings (SSSR count). The van der Waals surface area contributed by atoms with Gasteiger partial charge in [-0.2, -0.15) is 0 Å². The lowest BCUT2D eigenvalue weighted by molar-refractivity contribution is -0.174. The second-order valence-corrected chi connectivity index (χ2v) is 5.50. The predicted octanol–water partition coefficient (Wildman–Crippen LogP) is 2.42. The van der Waals surface area contributed by atoms with Crippen LogP contribution in [0.5, 0.6) is 5.75 Å². The molecule has 0 aliphatic heterocycles. The van der Waals surface area contributed by atoms with Gasteiger partial charge in [-0.3, -0.25) is 4.79 Å². The third-order valence-corrected chi connectivity index (χ3v) is 2.57. The molecule has 20 heavy (non-hydrogen) atoms. The molecular formula is C14H21NO5. The van der Waals surface area contributed by atoms with Crippen molar-refractivity contribution in [1.29, 1.82) is 0 Å². The first-order valence-electron chi connectivity index (χ1n) is 6.30. The summed E-state index contributed by atoms with van der Waals surface area (Å²) in [6, 6.07) is 1.54. The van der Waals surface area contributed by atoms with Crippen LogP contribution in [0.1, 0.15) is 43.9 Å². The second kappa shape index (κ2) is 5.98. The summed E-state index contributed by atoms with van der Waals surface area (Å²) in [5.74, 6) is -0.472. The van der Waals surface area contributed by atoms with Crippen molar-refractivity contribution in [3.8, 4) is 5.75 Å². The van der Waals surface area contributed by atoms with Gasteiger partial charge in [-0.15, -0.1) is 0 Å². The Kier molecular flexibility index (Phi) is 4.81. The molecule has 0 amide bonds. The molecule has 1 aromatic rings. The van der Waals surface area contributed by atoms with Crippen molar-refractivity contribution in [2.24, 2.45) is 5.41 Å². The summed E-state index contributed by atoms with van der Waals surface area (Å²) in [4.78, 5) is 26.4. The maximum absolute atomic E-state index is 11.9. The van der Waals surface area contributed by atoms with Crippen LogP contribution in [0.15, 0.2) is 6.07 Å². The fourth-order valence-corrected chi connectivity index (χ4v) is 1.43. The third-order valence-electron chi connectivity index (χ3n) is 2.57. The minimum Gasteiger partial charge on any atom is -0.495 e. The van der Waals surface area contributed by atoms with Crippen molar-refractivity contribution in [3.05, 3.63) is 17.5 Å². The first-order chi connectivity index (χ1) is 9.15. The number of hydrogen-bond acceptors (Lipinski definition) is 5. The molecule has 1 unspecified atom stereocenters. The molecule has 1 N–H and O–H groups in total. The zero-order chi connectivity index (χ0) is 15.5. The van der Waals surface area contributed by atoms with E-state index in [4.69, 9.17) is 14.2 Å². The number of H-pyrrole nitrogens is 1. The summed E-state index contributed by atoms with van der Waals surface area (Å²) in [6.45, 7) is 8.45. The van der Waals surface area contributed by atoms with Gasteiger partial charge in [-0.25, -0.2) is 4.79 Å². The van der Waals surface area contributed by atoms with Crippen LogP contribution in [0.3, 0.4) is 0 Å². The molecule has 0 aromatic carbocycles. The van der Waals surface area contributed by atoms with E-state index in [0.717, 1.165) is 5.69 Å². The molecule has 0 radical (unpaired) electrons. The van der Waals surface area contributed by atoms with Gasteiger partial charge >= 0.3 is 11.9 Å². The van der Waals surface area contributed by atoms with E-state index in [1.165, 1.54) is 20.1 Å². The first-order valence-corrected chi connectivity index (χ1v) is 6.30. The summed E-state index contributed by atoms with van der Waals surface area (Å²) in [5.41, 5.74) is 0.323. The Balaban J connectivity index is 2.63. The van der Waals surface area contributed by atoms with Crippen LogP contribution in [0.2, 0.25) is 0 Å². The predicted molar refractivity (Wildman–Crippen MR) is 72.5 cm³/mol. The normalized spacial score (nSPS) is 12.7. The number of rotatable bonds is 4. The average Bonchev–Trinajstić information content (AvgIpc) is 2.69. The number of aromatic amines is 1. The van der Waals surface area contributed by atoms with Gasteiger partial charge in [0.15, 0.2) is 0 Å². The zero-order valence-electron chi connectivity index (χ0n) is 12.7. The molecule has 6 nitrogen and oxygen atoms in total. The highest BCUT2D eigenvalue weighted by Crippen LogP contribution is 2.20. The van der Waals surface area contributed by atoms with Crippen molar-refractivity contribution < 1.29 is 23.8 Å². The number of nitrogens with one attached hydrogen (secondary N) is 1. The lowest BCUT2D eigenvalue weighted by atomic mass is 9.97. The molecule has 0 fully saturated rings. The maximum Gasteiger partial charge on any atom is 0.357 e. The SMILES string of the molecule is COc1cc(C(=O)OC(C)OC(=O)C(C)(C)C)[nH]c1C. The summed E-state index contributed by atoms with van der Waals surface area (Å²) < 4.78 is 15.2. The maximum atomic E-state index is 11.9. The number of carbonyl (C=O) groups excluding carboxylic acids is 2. The number of esters is 2. The number of aryl methyl sites for hydroxylation is 1. The molecule has 0 saturated carbocycles. The standard InChI is InChI=1S/C14H21NO5/c1-8-11(18-6)7-10(15-8)12(16)19-9(2)20-13(17)14(3,4)5/h7,9,15H,1-6H3. The summed E-state index contributed by atoms with van der Waals surface area (Å²) in [6.07, 6.45) is -0.955. The molecule has 112 valence electrons. The summed E-state index contributed by atoms with van der Waals surface area (Å²) in [5, 5.41) is 0. The lowest BCUT2D eigenvalue weighted by Crippen LogP contribution is -2.29. The average molecular weight is 283 g/mol. The van der Waals surface area contributed by atoms with Gasteiger partial charge in [0.2, 0.25) is 6.29 Å². The Hall–Kier alpha value is -1.98. The van der Waals surface area contributed by atoms with Crippen LogP contribution >= 0.6 is 0 Å². The fraction of sp³-hybridized carbons (Fsp3) is 0.571. The number of methoxy groups -OCH3 is 1. The highest BCUT2D eigenvalue weighted by molar-refractivity contribution is 5.88. The van der Waals surface area contributed by atoms with Crippen molar-refractivity contribution in [2.45, 2.75) is 40.9 Å². The fourth-order valence-electron chi connectivity index (χ4n) is 1.43. The highest BCUT2D eigenvalue weighted by Gasteiger charge is 2.26. The Morgan fingerprint density at radius 3 is 2.30 bits per heavy atom. The van der Waals surface area contributed by atoms with Crippen molar-refractivity contribution in [3.63, 3.8) is 0 Å². The van der Waals surface area contributed by atoms with Gasteiger partial charge < -0.3 is 19.2 Å². The van der Waals surface area contributed by atoms with E-state index in [0.29, 0.717) is 5.75 Å². The first kappa shape index (κ1) is 16.1. The van der Waals surface area contributed by atoms with Crippen molar-refractivity contribution >= 4 is 11.9 Å². The molecule has 1 atom stereocenters. The van der Waals surface area contributed by atoms with Gasteiger partial charge in [-0.1, -0.05) is 0 Å². The summed E-state index contributed by atoms with van der Waals surface area (Å²) >= 11 is 0. The Morgan fingerprint density at radius 1 is 1.25 bits per heavy atom. The van der Waals surface area contributed by atoms with E-state index in [2.05, 4.69) is 4.98 Å². The van der Waals surface area contributed by atoms with E-state index in [1.54, 1.807) is 27.7 Å². The van der Waals surface area contributed by atoms with Crippen LogP contribution in [0.4, 0.5) is 0 Å². The zero-order valence-corrected chi connectivity index (χ0v) is 12.7. The topological polar surface area (TPSA) is 77.6 Å². The monoisotopic (exact) mass is 283 g/mol. The number of ether oxygens (including phenoxy) is 3. The van der Waals surface area contributed by atoms with E-state index in [9.17, 15) is 9.59 Å². The molecular weight excluding hydrogens is 262 g/mol. The van der Waals surface area contributed by atoms with E-state index < -0.39 is 23.6 Å². The molecule has 0 aliphatic rings. The largest absolute Gasteiger partial charge is 0.495 e. The Labute approximate surface area is 118 Å². The van der Waals surface area contributed by atoms with Crippen molar-refractivity contribution in [2.75, 3.05) is 7.11 Å². The second-order valence-electron chi connectivity index (χ2n) is 5.50. The Bertz CT molecular complexity index is 498. The third kappa shape index (κ3) is 4.01. The van der Waals surface area contributed by atoms with Gasteiger partial charge in [0.05, 0.1) is 18.2 Å². The quantitative estimate of drug-likeness (QED) is 0.678. The molecule has 0 saturated heterocycles. The van der Waals surface area contributed by atoms with Crippen LogP contribution < -0.4 is 4.74 Å². The van der Waals surface area contributed by atoms with E-state index >= 15 is 0 Å². The number of hydrogen-bond donors (Lipinski definition) is 1. The van der Waals surface area contributed by atoms with E-state index in [-0.39, 0.29) is 5.69 Å². The van der Waals surface area contributed by atoms with Crippen LogP contribution in [-0.4, -0.2) is 30.3 Å². The van der Waals surface area contributed by atoms with Crippen molar-refractivity contribution in [1.82, 2.24) is 4.98 Å². The minimum atomic E-state index is -0.955. The summed E-state index contributed by atoms with van der Waals surface area (Å²) in [7, 11) is 1.51. The smallest absolute Gasteiger partial charge is 0.357 e. The minimum absolute atomic E-state index is 0.248.